The normalized spacial score (nSPS) is 41.4. The number of fused-ring (bicyclic) bond motifs is 5. The molecular formula is C30H44O5. The molecule has 5 heteroatoms. The number of hydrogen-bond donors (Lipinski definition) is 1. The predicted octanol–water partition coefficient (Wildman–Crippen LogP) is 5.28. The minimum atomic E-state index is -1.01. The second-order valence-corrected chi connectivity index (χ2v) is 14.0. The van der Waals surface area contributed by atoms with Crippen LogP contribution in [-0.2, 0) is 19.2 Å². The van der Waals surface area contributed by atoms with Crippen LogP contribution in [-0.4, -0.2) is 34.3 Å². The number of aldehydes is 1. The molecular weight excluding hydrogens is 440 g/mol. The van der Waals surface area contributed by atoms with Gasteiger partial charge in [-0.1, -0.05) is 20.8 Å². The van der Waals surface area contributed by atoms with E-state index in [1.807, 2.05) is 13.8 Å². The molecule has 3 saturated carbocycles. The van der Waals surface area contributed by atoms with Crippen molar-refractivity contribution in [3.63, 3.8) is 0 Å². The number of carbonyl (C=O) groups is 4. The van der Waals surface area contributed by atoms with Gasteiger partial charge in [-0.2, -0.15) is 0 Å². The van der Waals surface area contributed by atoms with Gasteiger partial charge in [0, 0.05) is 36.0 Å². The van der Waals surface area contributed by atoms with Gasteiger partial charge >= 0.3 is 0 Å². The van der Waals surface area contributed by atoms with E-state index in [1.165, 1.54) is 0 Å². The second-order valence-electron chi connectivity index (χ2n) is 14.0. The van der Waals surface area contributed by atoms with Crippen LogP contribution < -0.4 is 0 Å². The van der Waals surface area contributed by atoms with Gasteiger partial charge in [0.1, 0.15) is 17.9 Å². The number of Topliss-reactive ketones (excluding diaryl/α,β-unsaturated/α-hetero) is 2. The van der Waals surface area contributed by atoms with Crippen LogP contribution >= 0.6 is 0 Å². The molecule has 7 atom stereocenters. The molecule has 4 aliphatic rings. The standard InChI is InChI=1S/C30H44O5/c1-18(14-19(32)16-26(2,3)35)20-10-11-29(7)25-23(33)15-22-21(8-9-24(34)27(22,4)5)30(25,17-31)13-12-28(20,29)6/h15,17-18,20-21,25,35H,8-14,16H2,1-7H3/t18-,20-,21-,25+,28-,29+,30-/m1/s1. The highest BCUT2D eigenvalue weighted by atomic mass is 16.3. The van der Waals surface area contributed by atoms with Crippen LogP contribution in [0.3, 0.4) is 0 Å². The van der Waals surface area contributed by atoms with Gasteiger partial charge < -0.3 is 9.90 Å². The topological polar surface area (TPSA) is 88.5 Å². The lowest BCUT2D eigenvalue weighted by Crippen LogP contribution is -2.63. The quantitative estimate of drug-likeness (QED) is 0.519. The van der Waals surface area contributed by atoms with Crippen molar-refractivity contribution in [2.45, 2.75) is 105 Å². The first-order chi connectivity index (χ1) is 16.0. The van der Waals surface area contributed by atoms with Crippen LogP contribution in [0.4, 0.5) is 0 Å². The average molecular weight is 485 g/mol. The van der Waals surface area contributed by atoms with Gasteiger partial charge in [-0.25, -0.2) is 0 Å². The first-order valence-corrected chi connectivity index (χ1v) is 13.5. The summed E-state index contributed by atoms with van der Waals surface area (Å²) in [6.07, 6.45) is 7.83. The summed E-state index contributed by atoms with van der Waals surface area (Å²) in [5.74, 6) is 0.253. The third-order valence-electron chi connectivity index (χ3n) is 11.1. The molecule has 0 spiro atoms. The van der Waals surface area contributed by atoms with Crippen LogP contribution in [0.25, 0.3) is 0 Å². The Morgan fingerprint density at radius 2 is 1.77 bits per heavy atom. The van der Waals surface area contributed by atoms with Crippen LogP contribution in [0.15, 0.2) is 11.6 Å². The molecule has 0 aromatic carbocycles. The van der Waals surface area contributed by atoms with Crippen molar-refractivity contribution in [3.8, 4) is 0 Å². The number of ketones is 3. The van der Waals surface area contributed by atoms with Crippen LogP contribution in [0, 0.1) is 45.3 Å². The summed E-state index contributed by atoms with van der Waals surface area (Å²) in [6.45, 7) is 13.8. The zero-order chi connectivity index (χ0) is 26.2. The Balaban J connectivity index is 1.70. The van der Waals surface area contributed by atoms with Gasteiger partial charge in [0.15, 0.2) is 5.78 Å². The fourth-order valence-corrected chi connectivity index (χ4v) is 9.19. The molecule has 0 saturated heterocycles. The fourth-order valence-electron chi connectivity index (χ4n) is 9.19. The molecule has 0 unspecified atom stereocenters. The minimum absolute atomic E-state index is 0.0194. The van der Waals surface area contributed by atoms with E-state index < -0.39 is 16.4 Å². The number of hydrogen-bond acceptors (Lipinski definition) is 5. The zero-order valence-corrected chi connectivity index (χ0v) is 22.7. The summed E-state index contributed by atoms with van der Waals surface area (Å²) in [4.78, 5) is 52.4. The highest BCUT2D eigenvalue weighted by Gasteiger charge is 2.71. The minimum Gasteiger partial charge on any atom is -0.390 e. The number of carbonyl (C=O) groups excluding carboxylic acids is 4. The highest BCUT2D eigenvalue weighted by Crippen LogP contribution is 2.73. The van der Waals surface area contributed by atoms with Crippen molar-refractivity contribution in [1.82, 2.24) is 0 Å². The summed E-state index contributed by atoms with van der Waals surface area (Å²) in [6, 6.07) is 0. The third-order valence-corrected chi connectivity index (χ3v) is 11.1. The molecule has 0 aromatic rings. The summed E-state index contributed by atoms with van der Waals surface area (Å²) in [7, 11) is 0. The summed E-state index contributed by atoms with van der Waals surface area (Å²) >= 11 is 0. The molecule has 35 heavy (non-hydrogen) atoms. The summed E-state index contributed by atoms with van der Waals surface area (Å²) in [5.41, 5.74) is -2.08. The van der Waals surface area contributed by atoms with Crippen molar-refractivity contribution in [1.29, 1.82) is 0 Å². The summed E-state index contributed by atoms with van der Waals surface area (Å²) in [5, 5.41) is 10.1. The van der Waals surface area contributed by atoms with E-state index in [9.17, 15) is 24.3 Å². The molecule has 0 aliphatic heterocycles. The third kappa shape index (κ3) is 3.74. The number of rotatable bonds is 6. The first-order valence-electron chi connectivity index (χ1n) is 13.5. The van der Waals surface area contributed by atoms with Crippen LogP contribution in [0.5, 0.6) is 0 Å². The maximum absolute atomic E-state index is 13.9. The lowest BCUT2D eigenvalue weighted by molar-refractivity contribution is -0.170. The molecule has 0 radical (unpaired) electrons. The Morgan fingerprint density at radius 3 is 2.37 bits per heavy atom. The van der Waals surface area contributed by atoms with Crippen molar-refractivity contribution in [2.75, 3.05) is 0 Å². The number of allylic oxidation sites excluding steroid dienone is 2. The molecule has 1 N–H and O–H groups in total. The van der Waals surface area contributed by atoms with Crippen molar-refractivity contribution >= 4 is 23.6 Å². The lowest BCUT2D eigenvalue weighted by atomic mass is 9.38. The van der Waals surface area contributed by atoms with E-state index in [4.69, 9.17) is 0 Å². The zero-order valence-electron chi connectivity index (χ0n) is 22.7. The first kappa shape index (κ1) is 26.4. The van der Waals surface area contributed by atoms with Gasteiger partial charge in [-0.15, -0.1) is 0 Å². The predicted molar refractivity (Wildman–Crippen MR) is 134 cm³/mol. The Kier molecular flexibility index (Phi) is 6.19. The van der Waals surface area contributed by atoms with E-state index in [1.54, 1.807) is 19.9 Å². The molecule has 3 fully saturated rings. The van der Waals surface area contributed by atoms with Crippen molar-refractivity contribution < 1.29 is 24.3 Å². The van der Waals surface area contributed by atoms with Crippen molar-refractivity contribution in [3.05, 3.63) is 11.6 Å². The SMILES string of the molecule is C[C@H](CC(=O)CC(C)(C)O)[C@H]1CC[C@@]2(C)[C@@H]3C(=O)C=C4[C@@H](CCC(=O)C4(C)C)[C@]3(C=O)CC[C@]12C. The van der Waals surface area contributed by atoms with Gasteiger partial charge in [0.25, 0.3) is 0 Å². The summed E-state index contributed by atoms with van der Waals surface area (Å²) < 4.78 is 0. The Bertz CT molecular complexity index is 983. The second kappa shape index (κ2) is 8.19. The van der Waals surface area contributed by atoms with E-state index in [0.29, 0.717) is 25.7 Å². The lowest BCUT2D eigenvalue weighted by Gasteiger charge is -2.63. The average Bonchev–Trinajstić information content (AvgIpc) is 3.00. The molecule has 194 valence electrons. The Hall–Kier alpha value is -1.62. The van der Waals surface area contributed by atoms with Gasteiger partial charge in [0.2, 0.25) is 0 Å². The van der Waals surface area contributed by atoms with Gasteiger partial charge in [0.05, 0.1) is 5.60 Å². The maximum Gasteiger partial charge on any atom is 0.160 e. The van der Waals surface area contributed by atoms with Crippen LogP contribution in [0.2, 0.25) is 0 Å². The van der Waals surface area contributed by atoms with E-state index >= 15 is 0 Å². The van der Waals surface area contributed by atoms with E-state index in [2.05, 4.69) is 20.8 Å². The van der Waals surface area contributed by atoms with E-state index in [0.717, 1.165) is 31.1 Å². The number of aliphatic hydroxyl groups is 1. The molecule has 4 rings (SSSR count). The highest BCUT2D eigenvalue weighted by molar-refractivity contribution is 6.01. The van der Waals surface area contributed by atoms with Gasteiger partial charge in [-0.3, -0.25) is 14.4 Å². The van der Waals surface area contributed by atoms with Crippen LogP contribution in [0.1, 0.15) is 99.8 Å². The maximum atomic E-state index is 13.9. The largest absolute Gasteiger partial charge is 0.390 e. The smallest absolute Gasteiger partial charge is 0.160 e. The molecule has 5 nitrogen and oxygen atoms in total. The Morgan fingerprint density at radius 1 is 1.11 bits per heavy atom. The molecule has 0 bridgehead atoms. The molecule has 4 aliphatic carbocycles. The van der Waals surface area contributed by atoms with Gasteiger partial charge in [-0.05, 0) is 100 Å². The molecule has 0 aromatic heterocycles. The fraction of sp³-hybridized carbons (Fsp3) is 0.800. The Labute approximate surface area is 210 Å². The monoisotopic (exact) mass is 484 g/mol. The van der Waals surface area contributed by atoms with Crippen molar-refractivity contribution in [2.24, 2.45) is 45.3 Å². The van der Waals surface area contributed by atoms with E-state index in [-0.39, 0.29) is 58.3 Å². The molecule has 0 amide bonds. The molecule has 0 heterocycles.